The second kappa shape index (κ2) is 4.30. The average Bonchev–Trinajstić information content (AvgIpc) is 2.80. The van der Waals surface area contributed by atoms with Crippen molar-refractivity contribution in [1.82, 2.24) is 10.2 Å². The van der Waals surface area contributed by atoms with Gasteiger partial charge in [-0.2, -0.15) is 0 Å². The van der Waals surface area contributed by atoms with Crippen molar-refractivity contribution in [2.45, 2.75) is 25.4 Å². The second-order valence-corrected chi connectivity index (χ2v) is 5.59. The zero-order valence-electron chi connectivity index (χ0n) is 9.50. The first-order valence-corrected chi connectivity index (χ1v) is 6.80. The van der Waals surface area contributed by atoms with Crippen LogP contribution in [0, 0.1) is 11.8 Å². The standard InChI is InChI=1S/C11H17N3OS/c1-15-10-8-3-2-4-9(10)6-14(5-8)11-13-12-7-16-11/h7-10H,2-6H2,1H3. The highest BCUT2D eigenvalue weighted by Crippen LogP contribution is 2.38. The molecule has 0 N–H and O–H groups in total. The molecule has 0 amide bonds. The van der Waals surface area contributed by atoms with Crippen LogP contribution in [-0.2, 0) is 4.74 Å². The van der Waals surface area contributed by atoms with Crippen molar-refractivity contribution in [2.24, 2.45) is 11.8 Å². The van der Waals surface area contributed by atoms with Crippen molar-refractivity contribution in [2.75, 3.05) is 25.1 Å². The number of methoxy groups -OCH3 is 1. The SMILES string of the molecule is COC1C2CCCC1CN(c1nncs1)C2. The Morgan fingerprint density at radius 3 is 2.69 bits per heavy atom. The molecule has 2 bridgehead atoms. The van der Waals surface area contributed by atoms with Gasteiger partial charge in [-0.25, -0.2) is 0 Å². The minimum Gasteiger partial charge on any atom is -0.381 e. The highest BCUT2D eigenvalue weighted by atomic mass is 32.1. The number of piperidine rings is 1. The Kier molecular flexibility index (Phi) is 2.81. The van der Waals surface area contributed by atoms with E-state index in [1.54, 1.807) is 11.3 Å². The van der Waals surface area contributed by atoms with Crippen molar-refractivity contribution in [3.63, 3.8) is 0 Å². The molecular formula is C11H17N3OS. The Labute approximate surface area is 99.6 Å². The molecule has 16 heavy (non-hydrogen) atoms. The smallest absolute Gasteiger partial charge is 0.208 e. The fourth-order valence-electron chi connectivity index (χ4n) is 3.23. The van der Waals surface area contributed by atoms with Gasteiger partial charge in [-0.1, -0.05) is 17.8 Å². The molecule has 1 saturated heterocycles. The van der Waals surface area contributed by atoms with Gasteiger partial charge in [0.15, 0.2) is 0 Å². The molecule has 2 aliphatic rings. The number of hydrogen-bond donors (Lipinski definition) is 0. The van der Waals surface area contributed by atoms with Gasteiger partial charge in [-0.3, -0.25) is 0 Å². The van der Waals surface area contributed by atoms with Gasteiger partial charge < -0.3 is 9.64 Å². The molecule has 1 aliphatic heterocycles. The lowest BCUT2D eigenvalue weighted by Crippen LogP contribution is -2.52. The van der Waals surface area contributed by atoms with Gasteiger partial charge >= 0.3 is 0 Å². The van der Waals surface area contributed by atoms with Gasteiger partial charge in [0.1, 0.15) is 5.51 Å². The summed E-state index contributed by atoms with van der Waals surface area (Å²) >= 11 is 1.64. The first-order chi connectivity index (χ1) is 7.88. The van der Waals surface area contributed by atoms with E-state index in [0.717, 1.165) is 18.2 Å². The molecule has 3 rings (SSSR count). The normalized spacial score (nSPS) is 34.1. The summed E-state index contributed by atoms with van der Waals surface area (Å²) in [7, 11) is 1.86. The Hall–Kier alpha value is -0.680. The number of fused-ring (bicyclic) bond motifs is 2. The molecular weight excluding hydrogens is 222 g/mol. The zero-order chi connectivity index (χ0) is 11.0. The maximum absolute atomic E-state index is 5.66. The lowest BCUT2D eigenvalue weighted by Gasteiger charge is -2.46. The molecule has 2 heterocycles. The predicted molar refractivity (Wildman–Crippen MR) is 63.8 cm³/mol. The Morgan fingerprint density at radius 1 is 1.38 bits per heavy atom. The third-order valence-electron chi connectivity index (χ3n) is 3.88. The summed E-state index contributed by atoms with van der Waals surface area (Å²) in [6, 6.07) is 0. The summed E-state index contributed by atoms with van der Waals surface area (Å²) in [5.74, 6) is 1.36. The van der Waals surface area contributed by atoms with Crippen LogP contribution in [0.25, 0.3) is 0 Å². The van der Waals surface area contributed by atoms with Gasteiger partial charge in [0.05, 0.1) is 6.10 Å². The highest BCUT2D eigenvalue weighted by molar-refractivity contribution is 7.13. The monoisotopic (exact) mass is 239 g/mol. The molecule has 0 radical (unpaired) electrons. The molecule has 1 saturated carbocycles. The van der Waals surface area contributed by atoms with Gasteiger partial charge in [-0.15, -0.1) is 10.2 Å². The molecule has 1 aliphatic carbocycles. The van der Waals surface area contributed by atoms with Crippen molar-refractivity contribution >= 4 is 16.5 Å². The van der Waals surface area contributed by atoms with Crippen molar-refractivity contribution in [3.05, 3.63) is 5.51 Å². The van der Waals surface area contributed by atoms with E-state index in [0.29, 0.717) is 17.9 Å². The lowest BCUT2D eigenvalue weighted by molar-refractivity contribution is -0.0289. The lowest BCUT2D eigenvalue weighted by atomic mass is 9.75. The summed E-state index contributed by atoms with van der Waals surface area (Å²) in [5.41, 5.74) is 1.81. The van der Waals surface area contributed by atoms with Crippen molar-refractivity contribution < 1.29 is 4.74 Å². The summed E-state index contributed by atoms with van der Waals surface area (Å²) < 4.78 is 5.66. The Balaban J connectivity index is 1.78. The fraction of sp³-hybridized carbons (Fsp3) is 0.818. The minimum atomic E-state index is 0.470. The number of hydrogen-bond acceptors (Lipinski definition) is 5. The summed E-state index contributed by atoms with van der Waals surface area (Å²) in [4.78, 5) is 2.39. The van der Waals surface area contributed by atoms with E-state index in [-0.39, 0.29) is 0 Å². The van der Waals surface area contributed by atoms with Crippen molar-refractivity contribution in [1.29, 1.82) is 0 Å². The molecule has 1 aromatic heterocycles. The second-order valence-electron chi connectivity index (χ2n) is 4.78. The number of nitrogens with zero attached hydrogens (tertiary/aromatic N) is 3. The molecule has 5 heteroatoms. The van der Waals surface area contributed by atoms with Crippen LogP contribution >= 0.6 is 11.3 Å². The van der Waals surface area contributed by atoms with E-state index in [9.17, 15) is 0 Å². The van der Waals surface area contributed by atoms with Gasteiger partial charge in [0.25, 0.3) is 0 Å². The number of anilines is 1. The van der Waals surface area contributed by atoms with E-state index in [1.807, 2.05) is 12.6 Å². The molecule has 4 nitrogen and oxygen atoms in total. The van der Waals surface area contributed by atoms with Crippen LogP contribution in [-0.4, -0.2) is 36.5 Å². The minimum absolute atomic E-state index is 0.470. The Morgan fingerprint density at radius 2 is 2.12 bits per heavy atom. The van der Waals surface area contributed by atoms with E-state index in [4.69, 9.17) is 4.74 Å². The van der Waals surface area contributed by atoms with E-state index >= 15 is 0 Å². The molecule has 1 aromatic rings. The zero-order valence-corrected chi connectivity index (χ0v) is 10.3. The van der Waals surface area contributed by atoms with Crippen LogP contribution in [0.2, 0.25) is 0 Å². The molecule has 0 spiro atoms. The molecule has 88 valence electrons. The maximum Gasteiger partial charge on any atom is 0.208 e. The highest BCUT2D eigenvalue weighted by Gasteiger charge is 2.40. The molecule has 2 atom stereocenters. The topological polar surface area (TPSA) is 38.2 Å². The van der Waals surface area contributed by atoms with E-state index in [2.05, 4.69) is 15.1 Å². The third-order valence-corrected chi connectivity index (χ3v) is 4.63. The first kappa shape index (κ1) is 10.5. The molecule has 0 aromatic carbocycles. The maximum atomic E-state index is 5.66. The van der Waals surface area contributed by atoms with Crippen LogP contribution < -0.4 is 4.90 Å². The number of ether oxygens (including phenoxy) is 1. The van der Waals surface area contributed by atoms with E-state index in [1.165, 1.54) is 19.3 Å². The molecule has 2 unspecified atom stereocenters. The van der Waals surface area contributed by atoms with Crippen LogP contribution in [0.1, 0.15) is 19.3 Å². The van der Waals surface area contributed by atoms with Crippen LogP contribution in [0.15, 0.2) is 5.51 Å². The van der Waals surface area contributed by atoms with Gasteiger partial charge in [-0.05, 0) is 12.8 Å². The molecule has 2 fully saturated rings. The number of aromatic nitrogens is 2. The Bertz CT molecular complexity index is 329. The quantitative estimate of drug-likeness (QED) is 0.788. The largest absolute Gasteiger partial charge is 0.381 e. The first-order valence-electron chi connectivity index (χ1n) is 5.92. The van der Waals surface area contributed by atoms with Gasteiger partial charge in [0, 0.05) is 32.0 Å². The van der Waals surface area contributed by atoms with E-state index < -0.39 is 0 Å². The predicted octanol–water partition coefficient (Wildman–Crippen LogP) is 1.79. The van der Waals surface area contributed by atoms with Crippen LogP contribution in [0.5, 0.6) is 0 Å². The van der Waals surface area contributed by atoms with Gasteiger partial charge in [0.2, 0.25) is 5.13 Å². The summed E-state index contributed by atoms with van der Waals surface area (Å²) in [6.45, 7) is 2.17. The fourth-order valence-corrected chi connectivity index (χ4v) is 3.81. The number of rotatable bonds is 2. The average molecular weight is 239 g/mol. The summed E-state index contributed by atoms with van der Waals surface area (Å²) in [5, 5.41) is 9.17. The third kappa shape index (κ3) is 1.72. The summed E-state index contributed by atoms with van der Waals surface area (Å²) in [6.07, 6.45) is 4.42. The van der Waals surface area contributed by atoms with Crippen LogP contribution in [0.4, 0.5) is 5.13 Å². The van der Waals surface area contributed by atoms with Crippen LogP contribution in [0.3, 0.4) is 0 Å². The van der Waals surface area contributed by atoms with Crippen molar-refractivity contribution in [3.8, 4) is 0 Å².